The summed E-state index contributed by atoms with van der Waals surface area (Å²) >= 11 is 3.64. The SMILES string of the molecule is COc1cc(N2CC3CN(CCF)CC3C2)c(-c2cnn(C)c2)cc1Nc1ncc(Br)c(Nc2ccc3nccnc3c2P(C)C)n1. The molecule has 2 unspecified atom stereocenters. The van der Waals surface area contributed by atoms with Crippen LogP contribution < -0.4 is 25.6 Å². The number of rotatable bonds is 10. The van der Waals surface area contributed by atoms with Crippen molar-refractivity contribution in [3.8, 4) is 16.9 Å². The van der Waals surface area contributed by atoms with Gasteiger partial charge in [0.2, 0.25) is 5.95 Å². The number of aromatic nitrogens is 6. The van der Waals surface area contributed by atoms with Crippen molar-refractivity contribution in [3.63, 3.8) is 0 Å². The van der Waals surface area contributed by atoms with Gasteiger partial charge in [0.05, 0.1) is 34.5 Å². The van der Waals surface area contributed by atoms with E-state index in [1.54, 1.807) is 25.7 Å². The van der Waals surface area contributed by atoms with E-state index in [9.17, 15) is 4.39 Å². The summed E-state index contributed by atoms with van der Waals surface area (Å²) in [6.07, 6.45) is 9.08. The van der Waals surface area contributed by atoms with E-state index in [0.29, 0.717) is 35.9 Å². The van der Waals surface area contributed by atoms with Gasteiger partial charge in [-0.05, 0) is 59.3 Å². The summed E-state index contributed by atoms with van der Waals surface area (Å²) < 4.78 is 21.5. The van der Waals surface area contributed by atoms with Crippen LogP contribution in [0.5, 0.6) is 5.75 Å². The number of hydrogen-bond donors (Lipinski definition) is 2. The number of likely N-dealkylation sites (tertiary alicyclic amines) is 1. The van der Waals surface area contributed by atoms with E-state index in [4.69, 9.17) is 9.72 Å². The summed E-state index contributed by atoms with van der Waals surface area (Å²) in [5, 5.41) is 12.5. The van der Waals surface area contributed by atoms with Gasteiger partial charge in [-0.3, -0.25) is 14.6 Å². The zero-order valence-electron chi connectivity index (χ0n) is 26.8. The van der Waals surface area contributed by atoms with Gasteiger partial charge >= 0.3 is 0 Å². The van der Waals surface area contributed by atoms with Crippen molar-refractivity contribution in [2.24, 2.45) is 18.9 Å². The minimum atomic E-state index is -0.499. The van der Waals surface area contributed by atoms with Crippen molar-refractivity contribution in [2.75, 3.05) is 75.4 Å². The van der Waals surface area contributed by atoms with Crippen LogP contribution in [0.3, 0.4) is 0 Å². The molecule has 47 heavy (non-hydrogen) atoms. The number of hydrogen-bond acceptors (Lipinski definition) is 10. The summed E-state index contributed by atoms with van der Waals surface area (Å²) in [7, 11) is 3.10. The predicted octanol–water partition coefficient (Wildman–Crippen LogP) is 5.78. The van der Waals surface area contributed by atoms with E-state index in [2.05, 4.69) is 81.9 Å². The van der Waals surface area contributed by atoms with Gasteiger partial charge in [-0.2, -0.15) is 10.1 Å². The fourth-order valence-corrected chi connectivity index (χ4v) is 8.31. The zero-order chi connectivity index (χ0) is 32.7. The lowest BCUT2D eigenvalue weighted by Gasteiger charge is -2.26. The van der Waals surface area contributed by atoms with Crippen molar-refractivity contribution in [3.05, 3.63) is 59.7 Å². The largest absolute Gasteiger partial charge is 0.494 e. The minimum absolute atomic E-state index is 0.294. The third-order valence-electron chi connectivity index (χ3n) is 8.94. The highest BCUT2D eigenvalue weighted by atomic mass is 79.9. The number of anilines is 5. The van der Waals surface area contributed by atoms with E-state index < -0.39 is 7.92 Å². The molecule has 2 N–H and O–H groups in total. The first kappa shape index (κ1) is 31.7. The van der Waals surface area contributed by atoms with Gasteiger partial charge < -0.3 is 25.2 Å². The number of aryl methyl sites for hydroxylation is 1. The molecule has 0 bridgehead atoms. The van der Waals surface area contributed by atoms with Crippen LogP contribution in [-0.2, 0) is 7.05 Å². The number of halogens is 2. The molecule has 2 saturated heterocycles. The van der Waals surface area contributed by atoms with Crippen LogP contribution in [0.4, 0.5) is 33.2 Å². The first-order valence-corrected chi connectivity index (χ1v) is 18.6. The Morgan fingerprint density at radius 3 is 2.49 bits per heavy atom. The van der Waals surface area contributed by atoms with Crippen molar-refractivity contribution < 1.29 is 9.13 Å². The number of ether oxygens (including phenoxy) is 1. The Bertz CT molecular complexity index is 1910. The summed E-state index contributed by atoms with van der Waals surface area (Å²) in [5.74, 6) is 2.75. The molecule has 2 aliphatic rings. The fourth-order valence-electron chi connectivity index (χ4n) is 6.82. The number of nitrogens with zero attached hydrogens (tertiary/aromatic N) is 8. The van der Waals surface area contributed by atoms with Crippen LogP contribution in [0.2, 0.25) is 0 Å². The number of fused-ring (bicyclic) bond motifs is 2. The summed E-state index contributed by atoms with van der Waals surface area (Å²) in [6, 6.07) is 8.19. The molecule has 0 radical (unpaired) electrons. The van der Waals surface area contributed by atoms with Crippen molar-refractivity contribution in [1.29, 1.82) is 0 Å². The molecule has 0 amide bonds. The highest BCUT2D eigenvalue weighted by Gasteiger charge is 2.40. The van der Waals surface area contributed by atoms with E-state index in [0.717, 1.165) is 75.2 Å². The van der Waals surface area contributed by atoms with Crippen LogP contribution in [0, 0.1) is 11.8 Å². The molecule has 11 nitrogen and oxygen atoms in total. The minimum Gasteiger partial charge on any atom is -0.494 e. The van der Waals surface area contributed by atoms with E-state index >= 15 is 0 Å². The number of nitrogens with one attached hydrogen (secondary N) is 2. The molecular weight excluding hydrogens is 682 g/mol. The van der Waals surface area contributed by atoms with E-state index in [1.165, 1.54) is 0 Å². The quantitative estimate of drug-likeness (QED) is 0.173. The normalized spacial score (nSPS) is 17.9. The number of alkyl halides is 1. The lowest BCUT2D eigenvalue weighted by atomic mass is 10.0. The van der Waals surface area contributed by atoms with E-state index in [1.807, 2.05) is 36.3 Å². The second-order valence-corrected chi connectivity index (χ2v) is 15.4. The van der Waals surface area contributed by atoms with Crippen LogP contribution in [0.25, 0.3) is 22.2 Å². The Labute approximate surface area is 282 Å². The molecule has 0 spiro atoms. The maximum absolute atomic E-state index is 13.0. The highest BCUT2D eigenvalue weighted by Crippen LogP contribution is 2.44. The maximum Gasteiger partial charge on any atom is 0.229 e. The highest BCUT2D eigenvalue weighted by molar-refractivity contribution is 9.10. The first-order valence-electron chi connectivity index (χ1n) is 15.5. The van der Waals surface area contributed by atoms with Gasteiger partial charge in [0.25, 0.3) is 0 Å². The van der Waals surface area contributed by atoms with Crippen molar-refractivity contribution in [1.82, 2.24) is 34.6 Å². The molecule has 5 heterocycles. The lowest BCUT2D eigenvalue weighted by Crippen LogP contribution is -2.30. The zero-order valence-corrected chi connectivity index (χ0v) is 29.3. The molecule has 2 aliphatic heterocycles. The third-order valence-corrected chi connectivity index (χ3v) is 10.9. The van der Waals surface area contributed by atoms with Crippen LogP contribution in [-0.4, -0.2) is 94.5 Å². The molecule has 2 aromatic carbocycles. The average molecular weight is 720 g/mol. The Morgan fingerprint density at radius 2 is 1.79 bits per heavy atom. The second-order valence-electron chi connectivity index (χ2n) is 12.3. The fraction of sp³-hybridized carbons (Fsp3) is 0.364. The summed E-state index contributed by atoms with van der Waals surface area (Å²) in [6.45, 7) is 8.35. The van der Waals surface area contributed by atoms with Crippen molar-refractivity contribution >= 4 is 69.0 Å². The van der Waals surface area contributed by atoms with Gasteiger partial charge in [-0.1, -0.05) is 7.92 Å². The van der Waals surface area contributed by atoms with Gasteiger partial charge in [0.15, 0.2) is 0 Å². The average Bonchev–Trinajstić information content (AvgIpc) is 3.77. The smallest absolute Gasteiger partial charge is 0.229 e. The van der Waals surface area contributed by atoms with Crippen molar-refractivity contribution in [2.45, 2.75) is 0 Å². The molecule has 5 aromatic rings. The van der Waals surface area contributed by atoms with Crippen LogP contribution in [0.1, 0.15) is 0 Å². The molecule has 0 saturated carbocycles. The van der Waals surface area contributed by atoms with Gasteiger partial charge in [0.1, 0.15) is 18.2 Å². The van der Waals surface area contributed by atoms with E-state index in [-0.39, 0.29) is 6.67 Å². The molecular formula is C33H37BrFN10OP. The monoisotopic (exact) mass is 718 g/mol. The molecule has 2 atom stereocenters. The number of methoxy groups -OCH3 is 1. The third kappa shape index (κ3) is 6.36. The topological polar surface area (TPSA) is 109 Å². The summed E-state index contributed by atoms with van der Waals surface area (Å²) in [5.41, 5.74) is 6.57. The Hall–Kier alpha value is -3.93. The number of benzene rings is 2. The molecule has 3 aromatic heterocycles. The van der Waals surface area contributed by atoms with Crippen LogP contribution in [0.15, 0.2) is 59.7 Å². The molecule has 7 rings (SSSR count). The van der Waals surface area contributed by atoms with Gasteiger partial charge in [-0.25, -0.2) is 9.37 Å². The van der Waals surface area contributed by atoms with Gasteiger partial charge in [-0.15, -0.1) is 0 Å². The second kappa shape index (κ2) is 13.3. The Kier molecular flexibility index (Phi) is 8.95. The maximum atomic E-state index is 13.0. The molecule has 0 aliphatic carbocycles. The summed E-state index contributed by atoms with van der Waals surface area (Å²) in [4.78, 5) is 23.3. The predicted molar refractivity (Wildman–Crippen MR) is 191 cm³/mol. The first-order chi connectivity index (χ1) is 22.8. The standard InChI is InChI=1S/C33H37BrFN10OP/c1-43-15-20(13-39-43)23-11-27(29(46-2)12-28(23)45-18-21-16-44(10-7-35)17-22(21)19-45)41-33-38-14-24(34)32(42-33)40-26-6-5-25-30(31(26)47(3)4)37-9-8-36-25/h5-6,8-9,11-15,21-22H,7,10,16-19H2,1-4H3,(H2,38,40,41,42). The molecule has 2 fully saturated rings. The lowest BCUT2D eigenvalue weighted by molar-refractivity contribution is 0.282. The molecule has 14 heteroatoms. The van der Waals surface area contributed by atoms with Crippen LogP contribution >= 0.6 is 23.9 Å². The molecule has 244 valence electrons. The Morgan fingerprint density at radius 1 is 1.00 bits per heavy atom. The van der Waals surface area contributed by atoms with Gasteiger partial charge in [0, 0.05) is 98.4 Å². The Balaban J connectivity index is 1.21.